The second kappa shape index (κ2) is 8.67. The van der Waals surface area contributed by atoms with Crippen LogP contribution in [-0.2, 0) is 11.2 Å². The second-order valence-electron chi connectivity index (χ2n) is 6.61. The van der Waals surface area contributed by atoms with Gasteiger partial charge in [0.15, 0.2) is 0 Å². The lowest BCUT2D eigenvalue weighted by Gasteiger charge is -2.02. The van der Waals surface area contributed by atoms with Crippen molar-refractivity contribution in [1.29, 1.82) is 0 Å². The molecule has 3 rings (SSSR count). The van der Waals surface area contributed by atoms with Gasteiger partial charge in [-0.1, -0.05) is 60.2 Å². The standard InChI is InChI=1S/C23H22N2O2S/c1-15-8-10-17(11-9-15)12-13-20(26)25-23-21(22(24)27)16(2)19(28-23)14-18-6-4-3-5-7-18/h3-13H,14H2,1-2H3,(H2,24,27)(H,25,26). The van der Waals surface area contributed by atoms with Crippen LogP contribution in [0.3, 0.4) is 0 Å². The highest BCUT2D eigenvalue weighted by Crippen LogP contribution is 2.34. The summed E-state index contributed by atoms with van der Waals surface area (Å²) < 4.78 is 0. The molecular weight excluding hydrogens is 368 g/mol. The number of carbonyl (C=O) groups is 2. The molecule has 0 aliphatic carbocycles. The van der Waals surface area contributed by atoms with Crippen molar-refractivity contribution in [1.82, 2.24) is 0 Å². The van der Waals surface area contributed by atoms with E-state index in [0.29, 0.717) is 17.0 Å². The van der Waals surface area contributed by atoms with Gasteiger partial charge in [-0.15, -0.1) is 11.3 Å². The summed E-state index contributed by atoms with van der Waals surface area (Å²) in [6.45, 7) is 3.88. The number of thiophene rings is 1. The normalized spacial score (nSPS) is 10.9. The summed E-state index contributed by atoms with van der Waals surface area (Å²) >= 11 is 1.39. The topological polar surface area (TPSA) is 72.2 Å². The Balaban J connectivity index is 1.80. The molecule has 142 valence electrons. The second-order valence-corrected chi connectivity index (χ2v) is 7.72. The first-order chi connectivity index (χ1) is 13.4. The van der Waals surface area contributed by atoms with Crippen LogP contribution in [0.1, 0.15) is 37.5 Å². The minimum Gasteiger partial charge on any atom is -0.365 e. The van der Waals surface area contributed by atoms with Crippen molar-refractivity contribution in [3.8, 4) is 0 Å². The van der Waals surface area contributed by atoms with Gasteiger partial charge in [0.1, 0.15) is 5.00 Å². The van der Waals surface area contributed by atoms with E-state index in [0.717, 1.165) is 27.1 Å². The van der Waals surface area contributed by atoms with E-state index in [1.807, 2.05) is 68.4 Å². The van der Waals surface area contributed by atoms with Crippen molar-refractivity contribution in [2.75, 3.05) is 5.32 Å². The first-order valence-electron chi connectivity index (χ1n) is 8.96. The molecule has 3 N–H and O–H groups in total. The van der Waals surface area contributed by atoms with E-state index in [1.165, 1.54) is 17.4 Å². The largest absolute Gasteiger partial charge is 0.365 e. The van der Waals surface area contributed by atoms with E-state index in [4.69, 9.17) is 5.73 Å². The zero-order chi connectivity index (χ0) is 20.1. The van der Waals surface area contributed by atoms with Gasteiger partial charge in [-0.05, 0) is 36.6 Å². The Kier molecular flexibility index (Phi) is 6.06. The lowest BCUT2D eigenvalue weighted by Crippen LogP contribution is -2.16. The van der Waals surface area contributed by atoms with Crippen LogP contribution < -0.4 is 11.1 Å². The predicted molar refractivity (Wildman–Crippen MR) is 116 cm³/mol. The number of aryl methyl sites for hydroxylation is 1. The number of amides is 2. The minimum absolute atomic E-state index is 0.296. The number of nitrogens with one attached hydrogen (secondary N) is 1. The van der Waals surface area contributed by atoms with Crippen LogP contribution in [0.15, 0.2) is 60.7 Å². The SMILES string of the molecule is Cc1ccc(C=CC(=O)Nc2sc(Cc3ccccc3)c(C)c2C(N)=O)cc1. The molecule has 2 amide bonds. The molecule has 0 aliphatic heterocycles. The molecule has 0 aliphatic rings. The van der Waals surface area contributed by atoms with Crippen LogP contribution in [0.2, 0.25) is 0 Å². The third-order valence-electron chi connectivity index (χ3n) is 4.44. The summed E-state index contributed by atoms with van der Waals surface area (Å²) in [4.78, 5) is 25.3. The Bertz CT molecular complexity index is 1020. The van der Waals surface area contributed by atoms with Crippen molar-refractivity contribution in [2.24, 2.45) is 5.73 Å². The maximum atomic E-state index is 12.4. The molecule has 5 heteroatoms. The Morgan fingerprint density at radius 3 is 2.36 bits per heavy atom. The molecule has 0 radical (unpaired) electrons. The molecule has 0 fully saturated rings. The lowest BCUT2D eigenvalue weighted by molar-refractivity contribution is -0.111. The Labute approximate surface area is 168 Å². The number of primary amides is 1. The number of hydrogen-bond acceptors (Lipinski definition) is 3. The van der Waals surface area contributed by atoms with Crippen molar-refractivity contribution < 1.29 is 9.59 Å². The van der Waals surface area contributed by atoms with Gasteiger partial charge >= 0.3 is 0 Å². The molecule has 1 aromatic heterocycles. The smallest absolute Gasteiger partial charge is 0.251 e. The Hall–Kier alpha value is -3.18. The van der Waals surface area contributed by atoms with Crippen LogP contribution in [0, 0.1) is 13.8 Å². The molecule has 1 heterocycles. The van der Waals surface area contributed by atoms with Gasteiger partial charge in [-0.25, -0.2) is 0 Å². The van der Waals surface area contributed by atoms with Gasteiger partial charge in [-0.2, -0.15) is 0 Å². The number of anilines is 1. The first kappa shape index (κ1) is 19.6. The predicted octanol–water partition coefficient (Wildman–Crippen LogP) is 4.71. The van der Waals surface area contributed by atoms with E-state index in [9.17, 15) is 9.59 Å². The fourth-order valence-electron chi connectivity index (χ4n) is 2.90. The maximum Gasteiger partial charge on any atom is 0.251 e. The Morgan fingerprint density at radius 2 is 1.71 bits per heavy atom. The van der Waals surface area contributed by atoms with E-state index < -0.39 is 5.91 Å². The van der Waals surface area contributed by atoms with Crippen molar-refractivity contribution >= 4 is 34.2 Å². The number of benzene rings is 2. The molecule has 2 aromatic carbocycles. The average Bonchev–Trinajstić information content (AvgIpc) is 2.97. The highest BCUT2D eigenvalue weighted by atomic mass is 32.1. The van der Waals surface area contributed by atoms with Crippen LogP contribution in [-0.4, -0.2) is 11.8 Å². The summed E-state index contributed by atoms with van der Waals surface area (Å²) in [5, 5.41) is 3.31. The third kappa shape index (κ3) is 4.75. The van der Waals surface area contributed by atoms with Crippen LogP contribution in [0.25, 0.3) is 6.08 Å². The number of nitrogens with two attached hydrogens (primary N) is 1. The fourth-order valence-corrected chi connectivity index (χ4v) is 4.15. The van der Waals surface area contributed by atoms with Gasteiger partial charge in [-0.3, -0.25) is 9.59 Å². The summed E-state index contributed by atoms with van der Waals surface area (Å²) in [5.41, 5.74) is 10.0. The molecule has 3 aromatic rings. The molecule has 0 bridgehead atoms. The highest BCUT2D eigenvalue weighted by molar-refractivity contribution is 7.17. The minimum atomic E-state index is -0.536. The molecule has 28 heavy (non-hydrogen) atoms. The number of carbonyl (C=O) groups excluding carboxylic acids is 2. The molecule has 0 unspecified atom stereocenters. The van der Waals surface area contributed by atoms with Crippen LogP contribution >= 0.6 is 11.3 Å². The Morgan fingerprint density at radius 1 is 1.04 bits per heavy atom. The molecular formula is C23H22N2O2S. The van der Waals surface area contributed by atoms with Crippen LogP contribution in [0.4, 0.5) is 5.00 Å². The molecule has 0 saturated carbocycles. The summed E-state index contributed by atoms with van der Waals surface area (Å²) in [7, 11) is 0. The van der Waals surface area contributed by atoms with Gasteiger partial charge in [0.2, 0.25) is 5.91 Å². The quantitative estimate of drug-likeness (QED) is 0.599. The van der Waals surface area contributed by atoms with Gasteiger partial charge in [0, 0.05) is 17.4 Å². The maximum absolute atomic E-state index is 12.4. The number of hydrogen-bond donors (Lipinski definition) is 2. The zero-order valence-electron chi connectivity index (χ0n) is 15.9. The van der Waals surface area contributed by atoms with Crippen LogP contribution in [0.5, 0.6) is 0 Å². The van der Waals surface area contributed by atoms with E-state index in [-0.39, 0.29) is 5.91 Å². The lowest BCUT2D eigenvalue weighted by atomic mass is 10.1. The van der Waals surface area contributed by atoms with Gasteiger partial charge in [0.05, 0.1) is 5.56 Å². The van der Waals surface area contributed by atoms with Crippen molar-refractivity contribution in [3.05, 3.63) is 93.4 Å². The van der Waals surface area contributed by atoms with E-state index in [1.54, 1.807) is 6.08 Å². The fraction of sp³-hybridized carbons (Fsp3) is 0.130. The summed E-state index contributed by atoms with van der Waals surface area (Å²) in [6.07, 6.45) is 3.89. The van der Waals surface area contributed by atoms with Gasteiger partial charge in [0.25, 0.3) is 5.91 Å². The molecule has 0 atom stereocenters. The van der Waals surface area contributed by atoms with E-state index >= 15 is 0 Å². The van der Waals surface area contributed by atoms with Gasteiger partial charge < -0.3 is 11.1 Å². The monoisotopic (exact) mass is 390 g/mol. The third-order valence-corrected chi connectivity index (χ3v) is 5.65. The molecule has 4 nitrogen and oxygen atoms in total. The zero-order valence-corrected chi connectivity index (χ0v) is 16.7. The highest BCUT2D eigenvalue weighted by Gasteiger charge is 2.20. The van der Waals surface area contributed by atoms with E-state index in [2.05, 4.69) is 5.32 Å². The molecule has 0 spiro atoms. The molecule has 0 saturated heterocycles. The average molecular weight is 391 g/mol. The number of rotatable bonds is 6. The van der Waals surface area contributed by atoms with Crippen molar-refractivity contribution in [2.45, 2.75) is 20.3 Å². The van der Waals surface area contributed by atoms with Crippen molar-refractivity contribution in [3.63, 3.8) is 0 Å². The summed E-state index contributed by atoms with van der Waals surface area (Å²) in [5.74, 6) is -0.832. The first-order valence-corrected chi connectivity index (χ1v) is 9.77. The summed E-state index contributed by atoms with van der Waals surface area (Å²) in [6, 6.07) is 17.9.